The first kappa shape index (κ1) is 16.0. The number of amides is 1. The summed E-state index contributed by atoms with van der Waals surface area (Å²) in [6, 6.07) is 6.76. The van der Waals surface area contributed by atoms with E-state index in [4.69, 9.17) is 10.5 Å². The van der Waals surface area contributed by atoms with Crippen LogP contribution in [0.5, 0.6) is 0 Å². The Balaban J connectivity index is 1.39. The van der Waals surface area contributed by atoms with Gasteiger partial charge in [0.25, 0.3) is 0 Å². The molecule has 3 aliphatic rings. The first-order chi connectivity index (χ1) is 11.6. The summed E-state index contributed by atoms with van der Waals surface area (Å²) in [5, 5.41) is 3.64. The molecule has 1 heterocycles. The number of hydrogen-bond acceptors (Lipinski definition) is 3. The van der Waals surface area contributed by atoms with Gasteiger partial charge in [0.15, 0.2) is 0 Å². The Morgan fingerprint density at radius 2 is 2.12 bits per heavy atom. The second-order valence-corrected chi connectivity index (χ2v) is 7.65. The molecule has 3 N–H and O–H groups in total. The fourth-order valence-electron chi connectivity index (χ4n) is 5.01. The van der Waals surface area contributed by atoms with Crippen LogP contribution in [0.25, 0.3) is 0 Å². The minimum absolute atomic E-state index is 0.263. The molecule has 1 aliphatic heterocycles. The van der Waals surface area contributed by atoms with E-state index < -0.39 is 0 Å². The van der Waals surface area contributed by atoms with Crippen molar-refractivity contribution in [3.63, 3.8) is 0 Å². The van der Waals surface area contributed by atoms with Gasteiger partial charge >= 0.3 is 0 Å². The minimum Gasteiger partial charge on any atom is -0.377 e. The van der Waals surface area contributed by atoms with Crippen molar-refractivity contribution in [3.05, 3.63) is 35.6 Å². The molecule has 130 valence electrons. The summed E-state index contributed by atoms with van der Waals surface area (Å²) in [7, 11) is 0. The third-order valence-electron chi connectivity index (χ3n) is 6.42. The molecule has 1 spiro atoms. The molecular formula is C19H25FN2O2. The topological polar surface area (TPSA) is 64.4 Å². The molecule has 4 rings (SSSR count). The van der Waals surface area contributed by atoms with E-state index in [0.29, 0.717) is 36.4 Å². The van der Waals surface area contributed by atoms with Crippen LogP contribution in [0.4, 0.5) is 4.39 Å². The molecular weight excluding hydrogens is 307 g/mol. The number of hydrogen-bond donors (Lipinski definition) is 2. The highest BCUT2D eigenvalue weighted by Gasteiger charge is 2.66. The molecule has 3 fully saturated rings. The Kier molecular flexibility index (Phi) is 4.09. The normalized spacial score (nSPS) is 31.1. The second kappa shape index (κ2) is 6.12. The molecule has 1 aromatic rings. The number of fused-ring (bicyclic) bond motifs is 2. The molecule has 4 atom stereocenters. The number of carbonyl (C=O) groups is 1. The van der Waals surface area contributed by atoms with Crippen molar-refractivity contribution in [2.24, 2.45) is 23.0 Å². The molecule has 5 heteroatoms. The molecule has 1 amide bonds. The van der Waals surface area contributed by atoms with Gasteiger partial charge in [-0.3, -0.25) is 4.79 Å². The maximum absolute atomic E-state index is 13.0. The average molecular weight is 332 g/mol. The van der Waals surface area contributed by atoms with Crippen molar-refractivity contribution in [1.29, 1.82) is 0 Å². The van der Waals surface area contributed by atoms with Gasteiger partial charge in [-0.25, -0.2) is 4.39 Å². The molecule has 2 saturated carbocycles. The average Bonchev–Trinajstić information content (AvgIpc) is 2.92. The van der Waals surface area contributed by atoms with Gasteiger partial charge in [-0.2, -0.15) is 0 Å². The predicted molar refractivity (Wildman–Crippen MR) is 88.7 cm³/mol. The molecule has 1 saturated heterocycles. The van der Waals surface area contributed by atoms with E-state index in [0.717, 1.165) is 18.6 Å². The SMILES string of the molecule is NC(=O)[C@H](CN[C@@H]1[C@H]2CCO[C@H]2C12CCC2)Cc1ccc(F)cc1. The molecule has 0 unspecified atom stereocenters. The Morgan fingerprint density at radius 1 is 1.38 bits per heavy atom. The lowest BCUT2D eigenvalue weighted by molar-refractivity contribution is -0.176. The van der Waals surface area contributed by atoms with Crippen LogP contribution in [0, 0.1) is 23.1 Å². The van der Waals surface area contributed by atoms with Crippen LogP contribution in [0.2, 0.25) is 0 Å². The summed E-state index contributed by atoms with van der Waals surface area (Å²) >= 11 is 0. The van der Waals surface area contributed by atoms with Gasteiger partial charge in [-0.05, 0) is 43.4 Å². The zero-order chi connectivity index (χ0) is 16.7. The lowest BCUT2D eigenvalue weighted by Crippen LogP contribution is -2.71. The highest BCUT2D eigenvalue weighted by atomic mass is 19.1. The zero-order valence-electron chi connectivity index (χ0n) is 13.8. The lowest BCUT2D eigenvalue weighted by atomic mass is 9.46. The van der Waals surface area contributed by atoms with Crippen LogP contribution in [-0.2, 0) is 16.0 Å². The second-order valence-electron chi connectivity index (χ2n) is 7.65. The van der Waals surface area contributed by atoms with Crippen LogP contribution >= 0.6 is 0 Å². The van der Waals surface area contributed by atoms with Crippen LogP contribution in [-0.4, -0.2) is 31.2 Å². The standard InChI is InChI=1S/C19H25FN2O2/c20-14-4-2-12(3-5-14)10-13(18(21)23)11-22-16-15-6-9-24-17(15)19(16)7-1-8-19/h2-5,13,15-17,22H,1,6-11H2,(H2,21,23)/t13-,15+,16+,17+/m0/s1. The molecule has 0 aromatic heterocycles. The Hall–Kier alpha value is -1.46. The van der Waals surface area contributed by atoms with Crippen molar-refractivity contribution in [2.75, 3.05) is 13.2 Å². The monoisotopic (exact) mass is 332 g/mol. The number of rotatable bonds is 6. The number of nitrogens with one attached hydrogen (secondary N) is 1. The van der Waals surface area contributed by atoms with Crippen molar-refractivity contribution in [3.8, 4) is 0 Å². The van der Waals surface area contributed by atoms with Gasteiger partial charge < -0.3 is 15.8 Å². The molecule has 24 heavy (non-hydrogen) atoms. The number of benzene rings is 1. The van der Waals surface area contributed by atoms with Gasteiger partial charge in [0.2, 0.25) is 5.91 Å². The van der Waals surface area contributed by atoms with E-state index >= 15 is 0 Å². The summed E-state index contributed by atoms with van der Waals surface area (Å²) in [5.74, 6) is -0.243. The Labute approximate surface area is 141 Å². The van der Waals surface area contributed by atoms with Crippen molar-refractivity contribution in [1.82, 2.24) is 5.32 Å². The highest BCUT2D eigenvalue weighted by Crippen LogP contribution is 2.62. The van der Waals surface area contributed by atoms with Gasteiger partial charge in [-0.15, -0.1) is 0 Å². The molecule has 1 aromatic carbocycles. The Morgan fingerprint density at radius 3 is 2.75 bits per heavy atom. The number of carbonyl (C=O) groups excluding carboxylic acids is 1. The summed E-state index contributed by atoms with van der Waals surface area (Å²) in [4.78, 5) is 11.8. The van der Waals surface area contributed by atoms with Crippen LogP contribution in [0.3, 0.4) is 0 Å². The maximum Gasteiger partial charge on any atom is 0.222 e. The number of primary amides is 1. The van der Waals surface area contributed by atoms with E-state index in [2.05, 4.69) is 5.32 Å². The van der Waals surface area contributed by atoms with E-state index in [1.165, 1.54) is 31.4 Å². The van der Waals surface area contributed by atoms with Crippen LogP contribution < -0.4 is 11.1 Å². The Bertz CT molecular complexity index is 614. The highest BCUT2D eigenvalue weighted by molar-refractivity contribution is 5.77. The van der Waals surface area contributed by atoms with Crippen molar-refractivity contribution < 1.29 is 13.9 Å². The largest absolute Gasteiger partial charge is 0.377 e. The molecule has 2 aliphatic carbocycles. The molecule has 0 bridgehead atoms. The lowest BCUT2D eigenvalue weighted by Gasteiger charge is -2.63. The van der Waals surface area contributed by atoms with Crippen molar-refractivity contribution in [2.45, 2.75) is 44.2 Å². The fourth-order valence-corrected chi connectivity index (χ4v) is 5.01. The number of nitrogens with two attached hydrogens (primary N) is 1. The first-order valence-corrected chi connectivity index (χ1v) is 8.99. The quantitative estimate of drug-likeness (QED) is 0.838. The molecule has 4 nitrogen and oxygen atoms in total. The number of halogens is 1. The van der Waals surface area contributed by atoms with E-state index in [-0.39, 0.29) is 17.6 Å². The third kappa shape index (κ3) is 2.54. The smallest absolute Gasteiger partial charge is 0.222 e. The van der Waals surface area contributed by atoms with Gasteiger partial charge in [0, 0.05) is 30.5 Å². The van der Waals surface area contributed by atoms with Gasteiger partial charge in [0.1, 0.15) is 5.82 Å². The summed E-state index contributed by atoms with van der Waals surface area (Å²) < 4.78 is 19.0. The predicted octanol–water partition coefficient (Wildman–Crippen LogP) is 2.02. The maximum atomic E-state index is 13.0. The summed E-state index contributed by atoms with van der Waals surface area (Å²) in [6.45, 7) is 1.45. The van der Waals surface area contributed by atoms with Crippen LogP contribution in [0.15, 0.2) is 24.3 Å². The summed E-state index contributed by atoms with van der Waals surface area (Å²) in [6.07, 6.45) is 5.82. The van der Waals surface area contributed by atoms with E-state index in [1.54, 1.807) is 12.1 Å². The van der Waals surface area contributed by atoms with Gasteiger partial charge in [0.05, 0.1) is 12.0 Å². The zero-order valence-corrected chi connectivity index (χ0v) is 13.8. The van der Waals surface area contributed by atoms with E-state index in [1.807, 2.05) is 0 Å². The van der Waals surface area contributed by atoms with Crippen molar-refractivity contribution >= 4 is 5.91 Å². The van der Waals surface area contributed by atoms with Crippen LogP contribution in [0.1, 0.15) is 31.2 Å². The number of ether oxygens (including phenoxy) is 1. The van der Waals surface area contributed by atoms with E-state index in [9.17, 15) is 9.18 Å². The fraction of sp³-hybridized carbons (Fsp3) is 0.632. The minimum atomic E-state index is -0.298. The third-order valence-corrected chi connectivity index (χ3v) is 6.42. The first-order valence-electron chi connectivity index (χ1n) is 8.99. The molecule has 0 radical (unpaired) electrons. The summed E-state index contributed by atoms with van der Waals surface area (Å²) in [5.41, 5.74) is 6.85. The van der Waals surface area contributed by atoms with Gasteiger partial charge in [-0.1, -0.05) is 18.6 Å².